The number of nitrogens with one attached hydrogen (secondary N) is 1. The van der Waals surface area contributed by atoms with E-state index in [0.29, 0.717) is 6.04 Å². The van der Waals surface area contributed by atoms with Crippen LogP contribution in [0.15, 0.2) is 11.1 Å². The Bertz CT molecular complexity index is 248. The molecule has 0 saturated carbocycles. The number of piperazine rings is 1. The van der Waals surface area contributed by atoms with E-state index in [1.54, 1.807) is 5.54 Å². The molecule has 1 atom stereocenters. The van der Waals surface area contributed by atoms with Crippen molar-refractivity contribution in [3.8, 4) is 0 Å². The van der Waals surface area contributed by atoms with Crippen LogP contribution in [0.1, 0.15) is 40.5 Å². The lowest BCUT2D eigenvalue weighted by molar-refractivity contribution is 0.0990. The number of rotatable bonds is 4. The van der Waals surface area contributed by atoms with Gasteiger partial charge in [0.05, 0.1) is 0 Å². The van der Waals surface area contributed by atoms with Crippen molar-refractivity contribution in [2.24, 2.45) is 0 Å². The maximum absolute atomic E-state index is 5.76. The molecule has 0 aliphatic carbocycles. The largest absolute Gasteiger partial charge is 0.309 e. The number of nitrogens with zero attached hydrogens (tertiary/aromatic N) is 1. The highest BCUT2D eigenvalue weighted by Gasteiger charge is 2.31. The summed E-state index contributed by atoms with van der Waals surface area (Å²) in [7, 11) is 0. The van der Waals surface area contributed by atoms with E-state index in [9.17, 15) is 0 Å². The van der Waals surface area contributed by atoms with Crippen LogP contribution in [0.3, 0.4) is 0 Å². The summed E-state index contributed by atoms with van der Waals surface area (Å²) in [5.41, 5.74) is 3.18. The lowest BCUT2D eigenvalue weighted by Gasteiger charge is -2.45. The summed E-state index contributed by atoms with van der Waals surface area (Å²) in [6.07, 6.45) is 2.51. The molecule has 1 heterocycles. The quantitative estimate of drug-likeness (QED) is 0.818. The summed E-state index contributed by atoms with van der Waals surface area (Å²) >= 11 is 5.76. The zero-order chi connectivity index (χ0) is 12.2. The maximum Gasteiger partial charge on any atom is 0.0253 e. The summed E-state index contributed by atoms with van der Waals surface area (Å²) in [5.74, 6) is 0. The first-order chi connectivity index (χ1) is 7.48. The molecule has 1 rings (SSSR count). The van der Waals surface area contributed by atoms with Gasteiger partial charge < -0.3 is 5.32 Å². The van der Waals surface area contributed by atoms with Crippen molar-refractivity contribution in [2.45, 2.75) is 52.1 Å². The topological polar surface area (TPSA) is 15.3 Å². The minimum absolute atomic E-state index is 0.219. The van der Waals surface area contributed by atoms with Crippen LogP contribution in [-0.4, -0.2) is 36.1 Å². The van der Waals surface area contributed by atoms with Gasteiger partial charge in [-0.1, -0.05) is 24.9 Å². The molecule has 0 aromatic heterocycles. The second-order valence-electron chi connectivity index (χ2n) is 5.57. The average molecular weight is 245 g/mol. The molecule has 1 aliphatic rings. The van der Waals surface area contributed by atoms with E-state index in [2.05, 4.69) is 37.9 Å². The molecule has 1 aliphatic heterocycles. The van der Waals surface area contributed by atoms with E-state index in [1.165, 1.54) is 18.4 Å². The van der Waals surface area contributed by atoms with Gasteiger partial charge in [0.1, 0.15) is 0 Å². The van der Waals surface area contributed by atoms with Crippen LogP contribution < -0.4 is 5.32 Å². The van der Waals surface area contributed by atoms with E-state index in [-0.39, 0.29) is 5.54 Å². The molecule has 1 unspecified atom stereocenters. The highest BCUT2D eigenvalue weighted by atomic mass is 35.5. The average Bonchev–Trinajstić information content (AvgIpc) is 2.21. The zero-order valence-corrected chi connectivity index (χ0v) is 11.8. The monoisotopic (exact) mass is 244 g/mol. The number of halogens is 1. The molecule has 1 saturated heterocycles. The fourth-order valence-electron chi connectivity index (χ4n) is 2.37. The van der Waals surface area contributed by atoms with Crippen LogP contribution in [0.2, 0.25) is 0 Å². The van der Waals surface area contributed by atoms with Gasteiger partial charge in [-0.3, -0.25) is 4.90 Å². The Balaban J connectivity index is 2.64. The molecule has 1 fully saturated rings. The molecule has 0 bridgehead atoms. The molecule has 0 radical (unpaired) electrons. The first-order valence-electron chi connectivity index (χ1n) is 6.23. The smallest absolute Gasteiger partial charge is 0.0253 e. The van der Waals surface area contributed by atoms with Crippen LogP contribution in [0, 0.1) is 0 Å². The van der Waals surface area contributed by atoms with Gasteiger partial charge >= 0.3 is 0 Å². The molecule has 3 heteroatoms. The fourth-order valence-corrected chi connectivity index (χ4v) is 2.44. The van der Waals surface area contributed by atoms with Gasteiger partial charge in [0, 0.05) is 36.8 Å². The summed E-state index contributed by atoms with van der Waals surface area (Å²) in [5, 5.41) is 3.62. The number of hydrogen-bond acceptors (Lipinski definition) is 2. The predicted octanol–water partition coefficient (Wildman–Crippen LogP) is 2.98. The Hall–Kier alpha value is -0.0500. The van der Waals surface area contributed by atoms with Gasteiger partial charge in [-0.2, -0.15) is 0 Å². The summed E-state index contributed by atoms with van der Waals surface area (Å²) < 4.78 is 0. The predicted molar refractivity (Wildman–Crippen MR) is 72.0 cm³/mol. The SMILES string of the molecule is CCCC1CNC(C)(C)CN1CC(C)=CCl. The molecular weight excluding hydrogens is 220 g/mol. The molecule has 0 amide bonds. The minimum atomic E-state index is 0.219. The van der Waals surface area contributed by atoms with Gasteiger partial charge in [0.15, 0.2) is 0 Å². The Morgan fingerprint density at radius 3 is 2.81 bits per heavy atom. The van der Waals surface area contributed by atoms with E-state index in [4.69, 9.17) is 11.6 Å². The fraction of sp³-hybridized carbons (Fsp3) is 0.846. The van der Waals surface area contributed by atoms with Crippen LogP contribution >= 0.6 is 11.6 Å². The molecule has 0 aromatic rings. The normalized spacial score (nSPS) is 27.1. The molecular formula is C13H25ClN2. The van der Waals surface area contributed by atoms with Gasteiger partial charge in [0.2, 0.25) is 0 Å². The highest BCUT2D eigenvalue weighted by Crippen LogP contribution is 2.19. The van der Waals surface area contributed by atoms with Crippen LogP contribution in [0.5, 0.6) is 0 Å². The van der Waals surface area contributed by atoms with Crippen molar-refractivity contribution in [2.75, 3.05) is 19.6 Å². The lowest BCUT2D eigenvalue weighted by Crippen LogP contribution is -2.61. The van der Waals surface area contributed by atoms with E-state index >= 15 is 0 Å². The molecule has 0 spiro atoms. The van der Waals surface area contributed by atoms with Gasteiger partial charge in [-0.15, -0.1) is 0 Å². The van der Waals surface area contributed by atoms with E-state index in [0.717, 1.165) is 19.6 Å². The van der Waals surface area contributed by atoms with Crippen molar-refractivity contribution >= 4 is 11.6 Å². The summed E-state index contributed by atoms with van der Waals surface area (Å²) in [6, 6.07) is 0.657. The van der Waals surface area contributed by atoms with Crippen LogP contribution in [0.25, 0.3) is 0 Å². The third-order valence-electron chi connectivity index (χ3n) is 3.19. The maximum atomic E-state index is 5.76. The first kappa shape index (κ1) is 14.0. The molecule has 0 aromatic carbocycles. The molecule has 94 valence electrons. The molecule has 16 heavy (non-hydrogen) atoms. The minimum Gasteiger partial charge on any atom is -0.309 e. The third-order valence-corrected chi connectivity index (χ3v) is 3.56. The van der Waals surface area contributed by atoms with Gasteiger partial charge in [-0.05, 0) is 32.8 Å². The van der Waals surface area contributed by atoms with Gasteiger partial charge in [0.25, 0.3) is 0 Å². The zero-order valence-electron chi connectivity index (χ0n) is 11.0. The lowest BCUT2D eigenvalue weighted by atomic mass is 9.96. The first-order valence-corrected chi connectivity index (χ1v) is 6.67. The van der Waals surface area contributed by atoms with Gasteiger partial charge in [-0.25, -0.2) is 0 Å². The highest BCUT2D eigenvalue weighted by molar-refractivity contribution is 6.25. The standard InChI is InChI=1S/C13H25ClN2/c1-5-6-12-8-15-13(3,4)10-16(12)9-11(2)7-14/h7,12,15H,5-6,8-10H2,1-4H3. The Labute approximate surface area is 105 Å². The molecule has 1 N–H and O–H groups in total. The van der Waals surface area contributed by atoms with Crippen molar-refractivity contribution in [3.63, 3.8) is 0 Å². The Morgan fingerprint density at radius 1 is 1.56 bits per heavy atom. The Morgan fingerprint density at radius 2 is 2.25 bits per heavy atom. The van der Waals surface area contributed by atoms with Crippen molar-refractivity contribution < 1.29 is 0 Å². The van der Waals surface area contributed by atoms with E-state index < -0.39 is 0 Å². The van der Waals surface area contributed by atoms with Crippen molar-refractivity contribution in [1.29, 1.82) is 0 Å². The second kappa shape index (κ2) is 6.04. The van der Waals surface area contributed by atoms with Crippen molar-refractivity contribution in [3.05, 3.63) is 11.1 Å². The van der Waals surface area contributed by atoms with Crippen LogP contribution in [0.4, 0.5) is 0 Å². The van der Waals surface area contributed by atoms with Crippen LogP contribution in [-0.2, 0) is 0 Å². The third kappa shape index (κ3) is 4.08. The second-order valence-corrected chi connectivity index (χ2v) is 5.79. The summed E-state index contributed by atoms with van der Waals surface area (Å²) in [6.45, 7) is 12.1. The summed E-state index contributed by atoms with van der Waals surface area (Å²) in [4.78, 5) is 2.56. The van der Waals surface area contributed by atoms with Crippen molar-refractivity contribution in [1.82, 2.24) is 10.2 Å². The number of hydrogen-bond donors (Lipinski definition) is 1. The molecule has 2 nitrogen and oxygen atoms in total. The Kier molecular flexibility index (Phi) is 5.29. The van der Waals surface area contributed by atoms with E-state index in [1.807, 2.05) is 0 Å².